The molecule has 3 rings (SSSR count). The Morgan fingerprint density at radius 1 is 1.45 bits per heavy atom. The molecule has 20 heavy (non-hydrogen) atoms. The van der Waals surface area contributed by atoms with Crippen LogP contribution in [0.4, 0.5) is 4.39 Å². The molecular formula is C12H15ClFN3O3. The van der Waals surface area contributed by atoms with E-state index < -0.39 is 22.2 Å². The van der Waals surface area contributed by atoms with Gasteiger partial charge in [-0.05, 0) is 19.4 Å². The van der Waals surface area contributed by atoms with Gasteiger partial charge in [-0.25, -0.2) is 4.79 Å². The van der Waals surface area contributed by atoms with Gasteiger partial charge in [-0.15, -0.1) is 0 Å². The van der Waals surface area contributed by atoms with Gasteiger partial charge in [-0.2, -0.15) is 4.39 Å². The summed E-state index contributed by atoms with van der Waals surface area (Å²) < 4.78 is 19.9. The lowest BCUT2D eigenvalue weighted by Crippen LogP contribution is -2.50. The van der Waals surface area contributed by atoms with Crippen LogP contribution in [0.15, 0.2) is 9.59 Å². The van der Waals surface area contributed by atoms with Crippen molar-refractivity contribution in [1.29, 1.82) is 0 Å². The summed E-state index contributed by atoms with van der Waals surface area (Å²) in [6.45, 7) is 2.28. The molecule has 2 atom stereocenters. The molecule has 1 aromatic rings. The molecule has 3 heterocycles. The van der Waals surface area contributed by atoms with Gasteiger partial charge in [-0.3, -0.25) is 19.2 Å². The molecule has 8 heteroatoms. The fourth-order valence-corrected chi connectivity index (χ4v) is 3.05. The van der Waals surface area contributed by atoms with Crippen molar-refractivity contribution in [2.75, 3.05) is 19.7 Å². The van der Waals surface area contributed by atoms with Crippen molar-refractivity contribution < 1.29 is 9.13 Å². The molecule has 0 saturated carbocycles. The molecule has 0 aromatic carbocycles. The van der Waals surface area contributed by atoms with Gasteiger partial charge in [0.2, 0.25) is 5.82 Å². The highest BCUT2D eigenvalue weighted by Crippen LogP contribution is 2.22. The van der Waals surface area contributed by atoms with Crippen molar-refractivity contribution in [2.45, 2.75) is 31.5 Å². The van der Waals surface area contributed by atoms with E-state index in [1.807, 2.05) is 0 Å². The number of halogens is 2. The minimum atomic E-state index is -1.14. The van der Waals surface area contributed by atoms with Crippen LogP contribution in [-0.2, 0) is 11.3 Å². The summed E-state index contributed by atoms with van der Waals surface area (Å²) in [6.07, 6.45) is 1.96. The highest BCUT2D eigenvalue weighted by atomic mass is 35.5. The first kappa shape index (κ1) is 13.8. The summed E-state index contributed by atoms with van der Waals surface area (Å²) in [5, 5.41) is -0.555. The van der Waals surface area contributed by atoms with E-state index in [0.29, 0.717) is 19.2 Å². The van der Waals surface area contributed by atoms with E-state index in [0.717, 1.165) is 24.0 Å². The average molecular weight is 304 g/mol. The van der Waals surface area contributed by atoms with Crippen LogP contribution in [0.1, 0.15) is 12.8 Å². The first-order valence-electron chi connectivity index (χ1n) is 6.60. The summed E-state index contributed by atoms with van der Waals surface area (Å²) in [7, 11) is 0. The van der Waals surface area contributed by atoms with E-state index in [1.54, 1.807) is 0 Å². The molecule has 0 spiro atoms. The Balaban J connectivity index is 1.80. The highest BCUT2D eigenvalue weighted by Gasteiger charge is 2.32. The molecular weight excluding hydrogens is 289 g/mol. The van der Waals surface area contributed by atoms with Gasteiger partial charge >= 0.3 is 5.69 Å². The largest absolute Gasteiger partial charge is 0.373 e. The van der Waals surface area contributed by atoms with Gasteiger partial charge in [0.1, 0.15) is 0 Å². The number of nitrogens with zero attached hydrogens (tertiary/aromatic N) is 2. The summed E-state index contributed by atoms with van der Waals surface area (Å²) in [6, 6.07) is 0.434. The molecule has 0 amide bonds. The van der Waals surface area contributed by atoms with E-state index in [-0.39, 0.29) is 12.6 Å². The maximum absolute atomic E-state index is 13.5. The number of fused-ring (bicyclic) bond motifs is 1. The zero-order valence-corrected chi connectivity index (χ0v) is 11.5. The molecule has 0 bridgehead atoms. The summed E-state index contributed by atoms with van der Waals surface area (Å²) >= 11 is 5.42. The number of H-pyrrole nitrogens is 1. The monoisotopic (exact) mass is 303 g/mol. The lowest BCUT2D eigenvalue weighted by atomic mass is 10.2. The summed E-state index contributed by atoms with van der Waals surface area (Å²) in [4.78, 5) is 27.8. The number of hydrogen-bond donors (Lipinski definition) is 1. The van der Waals surface area contributed by atoms with Crippen LogP contribution < -0.4 is 11.2 Å². The molecule has 2 aliphatic rings. The zero-order chi connectivity index (χ0) is 14.3. The third-order valence-electron chi connectivity index (χ3n) is 3.94. The third kappa shape index (κ3) is 2.41. The van der Waals surface area contributed by atoms with Crippen LogP contribution in [0.3, 0.4) is 0 Å². The molecule has 0 radical (unpaired) electrons. The smallest absolute Gasteiger partial charge is 0.329 e. The van der Waals surface area contributed by atoms with Crippen LogP contribution in [0.5, 0.6) is 0 Å². The summed E-state index contributed by atoms with van der Waals surface area (Å²) in [5.41, 5.74) is -1.72. The van der Waals surface area contributed by atoms with E-state index in [2.05, 4.69) is 9.88 Å². The number of morpholine rings is 1. The number of nitrogens with one attached hydrogen (secondary N) is 1. The first-order valence-corrected chi connectivity index (χ1v) is 6.98. The molecule has 2 fully saturated rings. The Labute approximate surface area is 119 Å². The van der Waals surface area contributed by atoms with Crippen molar-refractivity contribution in [3.63, 3.8) is 0 Å². The van der Waals surface area contributed by atoms with Crippen molar-refractivity contribution >= 4 is 11.6 Å². The minimum absolute atomic E-state index is 0.0332. The maximum atomic E-state index is 13.5. The van der Waals surface area contributed by atoms with Gasteiger partial charge in [-0.1, -0.05) is 11.6 Å². The number of aromatic amines is 1. The van der Waals surface area contributed by atoms with Crippen LogP contribution in [0.25, 0.3) is 0 Å². The lowest BCUT2D eigenvalue weighted by molar-refractivity contribution is -0.0561. The maximum Gasteiger partial charge on any atom is 0.329 e. The molecule has 2 unspecified atom stereocenters. The van der Waals surface area contributed by atoms with Crippen molar-refractivity contribution in [2.24, 2.45) is 0 Å². The second-order valence-corrected chi connectivity index (χ2v) is 5.60. The summed E-state index contributed by atoms with van der Waals surface area (Å²) in [5.74, 6) is -1.14. The predicted molar refractivity (Wildman–Crippen MR) is 70.6 cm³/mol. The highest BCUT2D eigenvalue weighted by molar-refractivity contribution is 6.29. The third-order valence-corrected chi connectivity index (χ3v) is 4.20. The number of rotatable bonds is 2. The topological polar surface area (TPSA) is 67.3 Å². The number of aromatic nitrogens is 2. The van der Waals surface area contributed by atoms with Gasteiger partial charge in [0, 0.05) is 12.6 Å². The van der Waals surface area contributed by atoms with E-state index in [1.165, 1.54) is 0 Å². The minimum Gasteiger partial charge on any atom is -0.373 e. The van der Waals surface area contributed by atoms with Crippen LogP contribution >= 0.6 is 11.6 Å². The molecule has 2 aliphatic heterocycles. The van der Waals surface area contributed by atoms with E-state index >= 15 is 0 Å². The Morgan fingerprint density at radius 3 is 3.05 bits per heavy atom. The van der Waals surface area contributed by atoms with E-state index in [9.17, 15) is 14.0 Å². The first-order chi connectivity index (χ1) is 9.56. The fraction of sp³-hybridized carbons (Fsp3) is 0.667. The van der Waals surface area contributed by atoms with Crippen molar-refractivity contribution in [3.05, 3.63) is 31.8 Å². The van der Waals surface area contributed by atoms with Gasteiger partial charge in [0.25, 0.3) is 5.56 Å². The Bertz CT molecular complexity index is 629. The van der Waals surface area contributed by atoms with Gasteiger partial charge in [0.05, 0.1) is 19.3 Å². The second-order valence-electron chi connectivity index (χ2n) is 5.22. The molecule has 110 valence electrons. The zero-order valence-electron chi connectivity index (χ0n) is 10.8. The van der Waals surface area contributed by atoms with Crippen LogP contribution in [-0.4, -0.2) is 46.3 Å². The molecule has 6 nitrogen and oxygen atoms in total. The van der Waals surface area contributed by atoms with Crippen LogP contribution in [0, 0.1) is 5.82 Å². The SMILES string of the molecule is O=c1[nH]c(Cl)c(F)c(=O)n1CC1CN2CCCC2CO1. The standard InChI is InChI=1S/C12H15ClFN3O3/c13-10-9(14)11(18)17(12(19)15-10)5-8-4-16-3-1-2-7(16)6-20-8/h7-8H,1-6H2,(H,15,19). The Hall–Kier alpha value is -1.18. The molecule has 2 saturated heterocycles. The predicted octanol–water partition coefficient (Wildman–Crippen LogP) is 0.192. The molecule has 1 aromatic heterocycles. The van der Waals surface area contributed by atoms with Crippen LogP contribution in [0.2, 0.25) is 5.15 Å². The van der Waals surface area contributed by atoms with Crippen molar-refractivity contribution in [3.8, 4) is 0 Å². The Morgan fingerprint density at radius 2 is 2.25 bits per heavy atom. The van der Waals surface area contributed by atoms with E-state index in [4.69, 9.17) is 16.3 Å². The van der Waals surface area contributed by atoms with Gasteiger partial charge < -0.3 is 4.74 Å². The van der Waals surface area contributed by atoms with Gasteiger partial charge in [0.15, 0.2) is 5.15 Å². The quantitative estimate of drug-likeness (QED) is 0.792. The normalized spacial score (nSPS) is 26.7. The molecule has 1 N–H and O–H groups in total. The van der Waals surface area contributed by atoms with Crippen molar-refractivity contribution in [1.82, 2.24) is 14.5 Å². The number of ether oxygens (including phenoxy) is 1. The average Bonchev–Trinajstić information content (AvgIpc) is 2.88. The Kier molecular flexibility index (Phi) is 3.66. The fourth-order valence-electron chi connectivity index (χ4n) is 2.89. The number of hydrogen-bond acceptors (Lipinski definition) is 4. The molecule has 0 aliphatic carbocycles. The lowest BCUT2D eigenvalue weighted by Gasteiger charge is -2.35. The second kappa shape index (κ2) is 5.31.